The number of benzene rings is 1. The summed E-state index contributed by atoms with van der Waals surface area (Å²) in [6, 6.07) is 5.40. The summed E-state index contributed by atoms with van der Waals surface area (Å²) in [6.45, 7) is 3.61. The first-order valence-corrected chi connectivity index (χ1v) is 5.56. The van der Waals surface area contributed by atoms with E-state index in [2.05, 4.69) is 5.32 Å². The Hall–Kier alpha value is -2.17. The van der Waals surface area contributed by atoms with Crippen molar-refractivity contribution in [2.45, 2.75) is 13.8 Å². The van der Waals surface area contributed by atoms with E-state index in [9.17, 15) is 14.4 Å². The van der Waals surface area contributed by atoms with E-state index in [-0.39, 0.29) is 6.54 Å². The molecule has 1 N–H and O–H groups in total. The van der Waals surface area contributed by atoms with Crippen molar-refractivity contribution in [3.05, 3.63) is 29.3 Å². The van der Waals surface area contributed by atoms with Gasteiger partial charge in [-0.25, -0.2) is 0 Å². The summed E-state index contributed by atoms with van der Waals surface area (Å²) >= 11 is 0. The van der Waals surface area contributed by atoms with Crippen LogP contribution in [0, 0.1) is 13.8 Å². The maximum atomic E-state index is 11.9. The van der Waals surface area contributed by atoms with Crippen LogP contribution in [0.3, 0.4) is 0 Å². The summed E-state index contributed by atoms with van der Waals surface area (Å²) in [6.07, 6.45) is 0.600. The maximum Gasteiger partial charge on any atom is 0.316 e. The van der Waals surface area contributed by atoms with Gasteiger partial charge in [-0.3, -0.25) is 14.5 Å². The number of aryl methyl sites for hydroxylation is 1. The number of aldehydes is 1. The van der Waals surface area contributed by atoms with Crippen LogP contribution in [0.2, 0.25) is 0 Å². The minimum Gasteiger partial charge on any atom is -0.351 e. The van der Waals surface area contributed by atoms with E-state index >= 15 is 0 Å². The zero-order valence-electron chi connectivity index (χ0n) is 10.7. The molecule has 0 aliphatic carbocycles. The minimum atomic E-state index is -0.738. The van der Waals surface area contributed by atoms with E-state index in [1.54, 1.807) is 12.1 Å². The van der Waals surface area contributed by atoms with Crippen LogP contribution in [0.15, 0.2) is 18.2 Å². The molecule has 0 unspecified atom stereocenters. The SMILES string of the molecule is CNC(=O)C(=O)N(CC=O)c1cccc(C)c1C. The van der Waals surface area contributed by atoms with Crippen LogP contribution in [0.1, 0.15) is 11.1 Å². The van der Waals surface area contributed by atoms with Crippen molar-refractivity contribution in [2.24, 2.45) is 0 Å². The Morgan fingerprint density at radius 2 is 2.00 bits per heavy atom. The largest absolute Gasteiger partial charge is 0.351 e. The van der Waals surface area contributed by atoms with E-state index in [1.165, 1.54) is 11.9 Å². The molecule has 5 nitrogen and oxygen atoms in total. The fourth-order valence-electron chi connectivity index (χ4n) is 1.62. The molecule has 1 aromatic rings. The van der Waals surface area contributed by atoms with Gasteiger partial charge in [0.2, 0.25) is 0 Å². The molecular weight excluding hydrogens is 232 g/mol. The van der Waals surface area contributed by atoms with Gasteiger partial charge in [-0.05, 0) is 31.0 Å². The number of hydrogen-bond donors (Lipinski definition) is 1. The molecule has 0 aliphatic heterocycles. The van der Waals surface area contributed by atoms with Gasteiger partial charge >= 0.3 is 11.8 Å². The third-order valence-electron chi connectivity index (χ3n) is 2.79. The molecule has 5 heteroatoms. The fraction of sp³-hybridized carbons (Fsp3) is 0.308. The Morgan fingerprint density at radius 1 is 1.33 bits per heavy atom. The quantitative estimate of drug-likeness (QED) is 0.628. The van der Waals surface area contributed by atoms with Crippen molar-refractivity contribution in [1.29, 1.82) is 0 Å². The Morgan fingerprint density at radius 3 is 2.56 bits per heavy atom. The lowest BCUT2D eigenvalue weighted by Gasteiger charge is -2.22. The molecule has 0 aliphatic rings. The van der Waals surface area contributed by atoms with Gasteiger partial charge in [0.1, 0.15) is 6.29 Å². The summed E-state index contributed by atoms with van der Waals surface area (Å²) in [4.78, 5) is 35.1. The van der Waals surface area contributed by atoms with Gasteiger partial charge in [0.05, 0.1) is 6.54 Å². The number of likely N-dealkylation sites (N-methyl/N-ethyl adjacent to an activating group) is 1. The third-order valence-corrected chi connectivity index (χ3v) is 2.79. The number of nitrogens with one attached hydrogen (secondary N) is 1. The Bertz CT molecular complexity index is 483. The highest BCUT2D eigenvalue weighted by molar-refractivity contribution is 6.40. The minimum absolute atomic E-state index is 0.142. The summed E-state index contributed by atoms with van der Waals surface area (Å²) < 4.78 is 0. The third kappa shape index (κ3) is 2.74. The molecule has 0 bridgehead atoms. The molecule has 2 amide bonds. The number of hydrogen-bond acceptors (Lipinski definition) is 3. The van der Waals surface area contributed by atoms with Gasteiger partial charge in [-0.2, -0.15) is 0 Å². The maximum absolute atomic E-state index is 11.9. The number of anilines is 1. The van der Waals surface area contributed by atoms with Gasteiger partial charge in [0.15, 0.2) is 0 Å². The molecule has 0 saturated heterocycles. The number of amides is 2. The van der Waals surface area contributed by atoms with Crippen molar-refractivity contribution < 1.29 is 14.4 Å². The molecule has 1 rings (SSSR count). The molecule has 0 spiro atoms. The Labute approximate surface area is 106 Å². The average molecular weight is 248 g/mol. The fourth-order valence-corrected chi connectivity index (χ4v) is 1.62. The van der Waals surface area contributed by atoms with Gasteiger partial charge in [-0.15, -0.1) is 0 Å². The molecule has 96 valence electrons. The van der Waals surface area contributed by atoms with E-state index in [4.69, 9.17) is 0 Å². The number of carbonyl (C=O) groups is 3. The molecule has 0 atom stereocenters. The topological polar surface area (TPSA) is 66.5 Å². The van der Waals surface area contributed by atoms with Crippen molar-refractivity contribution in [2.75, 3.05) is 18.5 Å². The van der Waals surface area contributed by atoms with Crippen molar-refractivity contribution in [3.63, 3.8) is 0 Å². The molecule has 0 saturated carbocycles. The molecule has 0 aromatic heterocycles. The average Bonchev–Trinajstić information content (AvgIpc) is 2.38. The highest BCUT2D eigenvalue weighted by Crippen LogP contribution is 2.22. The molecule has 0 radical (unpaired) electrons. The summed E-state index contributed by atoms with van der Waals surface area (Å²) in [5.74, 6) is -1.48. The molecular formula is C13H16N2O3. The van der Waals surface area contributed by atoms with Gasteiger partial charge in [-0.1, -0.05) is 12.1 Å². The smallest absolute Gasteiger partial charge is 0.316 e. The predicted molar refractivity (Wildman–Crippen MR) is 68.4 cm³/mol. The van der Waals surface area contributed by atoms with Crippen molar-refractivity contribution in [3.8, 4) is 0 Å². The second-order valence-electron chi connectivity index (χ2n) is 3.88. The summed E-state index contributed by atoms with van der Waals surface area (Å²) in [7, 11) is 1.38. The lowest BCUT2D eigenvalue weighted by atomic mass is 10.1. The predicted octanol–water partition coefficient (Wildman–Crippen LogP) is 0.581. The zero-order chi connectivity index (χ0) is 13.7. The van der Waals surface area contributed by atoms with Crippen molar-refractivity contribution in [1.82, 2.24) is 5.32 Å². The van der Waals surface area contributed by atoms with Crippen LogP contribution in [-0.2, 0) is 14.4 Å². The van der Waals surface area contributed by atoms with Crippen LogP contribution in [-0.4, -0.2) is 31.7 Å². The van der Waals surface area contributed by atoms with E-state index in [0.717, 1.165) is 11.1 Å². The first kappa shape index (κ1) is 13.9. The Balaban J connectivity index is 3.20. The molecule has 18 heavy (non-hydrogen) atoms. The molecule has 0 heterocycles. The first-order valence-electron chi connectivity index (χ1n) is 5.56. The van der Waals surface area contributed by atoms with Crippen molar-refractivity contribution >= 4 is 23.8 Å². The summed E-state index contributed by atoms with van der Waals surface area (Å²) in [5.41, 5.74) is 2.44. The monoisotopic (exact) mass is 248 g/mol. The van der Waals surface area contributed by atoms with E-state index in [0.29, 0.717) is 12.0 Å². The lowest BCUT2D eigenvalue weighted by molar-refractivity contribution is -0.137. The normalized spacial score (nSPS) is 9.72. The highest BCUT2D eigenvalue weighted by Gasteiger charge is 2.23. The molecule has 1 aromatic carbocycles. The second kappa shape index (κ2) is 5.95. The standard InChI is InChI=1S/C13H16N2O3/c1-9-5-4-6-11(10(9)2)15(7-8-16)13(18)12(17)14-3/h4-6,8H,7H2,1-3H3,(H,14,17). The van der Waals surface area contributed by atoms with Crippen LogP contribution < -0.4 is 10.2 Å². The number of rotatable bonds is 3. The molecule has 0 fully saturated rings. The van der Waals surface area contributed by atoms with Crippen LogP contribution in [0.4, 0.5) is 5.69 Å². The van der Waals surface area contributed by atoms with Gasteiger partial charge in [0, 0.05) is 12.7 Å². The van der Waals surface area contributed by atoms with Crippen LogP contribution >= 0.6 is 0 Å². The van der Waals surface area contributed by atoms with Gasteiger partial charge in [0.25, 0.3) is 0 Å². The number of carbonyl (C=O) groups excluding carboxylic acids is 3. The zero-order valence-corrected chi connectivity index (χ0v) is 10.7. The second-order valence-corrected chi connectivity index (χ2v) is 3.88. The van der Waals surface area contributed by atoms with Crippen LogP contribution in [0.25, 0.3) is 0 Å². The summed E-state index contributed by atoms with van der Waals surface area (Å²) in [5, 5.41) is 2.26. The van der Waals surface area contributed by atoms with Gasteiger partial charge < -0.3 is 10.1 Å². The lowest BCUT2D eigenvalue weighted by Crippen LogP contribution is -2.43. The van der Waals surface area contributed by atoms with E-state index in [1.807, 2.05) is 19.9 Å². The van der Waals surface area contributed by atoms with Crippen LogP contribution in [0.5, 0.6) is 0 Å². The van der Waals surface area contributed by atoms with E-state index < -0.39 is 11.8 Å². The first-order chi connectivity index (χ1) is 8.52. The Kier molecular flexibility index (Phi) is 4.59. The highest BCUT2D eigenvalue weighted by atomic mass is 16.2. The number of nitrogens with zero attached hydrogens (tertiary/aromatic N) is 1.